The topological polar surface area (TPSA) is 47.3 Å². The molecule has 0 amide bonds. The van der Waals surface area contributed by atoms with Crippen LogP contribution in [0.25, 0.3) is 0 Å². The predicted molar refractivity (Wildman–Crippen MR) is 68.4 cm³/mol. The summed E-state index contributed by atoms with van der Waals surface area (Å²) in [5, 5.41) is 0. The Balaban J connectivity index is 2.26. The lowest BCUT2D eigenvalue weighted by Gasteiger charge is -2.16. The Hall–Kier alpha value is -0.580. The first-order chi connectivity index (χ1) is 7.74. The molecule has 16 heavy (non-hydrogen) atoms. The van der Waals surface area contributed by atoms with Crippen LogP contribution in [0.15, 0.2) is 16.6 Å². The largest absolute Gasteiger partial charge is 0.493 e. The Morgan fingerprint density at radius 3 is 3.06 bits per heavy atom. The number of nitrogens with two attached hydrogens (primary N) is 1. The molecule has 0 fully saturated rings. The summed E-state index contributed by atoms with van der Waals surface area (Å²) in [5.74, 6) is 6.58. The highest BCUT2D eigenvalue weighted by Crippen LogP contribution is 2.33. The molecule has 1 aromatic carbocycles. The molecule has 0 radical (unpaired) electrons. The Bertz CT molecular complexity index is 378. The van der Waals surface area contributed by atoms with Gasteiger partial charge < -0.3 is 4.74 Å². The molecular weight excluding hydrogens is 268 g/mol. The quantitative estimate of drug-likeness (QED) is 0.658. The number of halogens is 1. The van der Waals surface area contributed by atoms with Gasteiger partial charge in [0.05, 0.1) is 6.61 Å². The van der Waals surface area contributed by atoms with Crippen LogP contribution in [-0.4, -0.2) is 12.6 Å². The monoisotopic (exact) mass is 284 g/mol. The van der Waals surface area contributed by atoms with Crippen LogP contribution >= 0.6 is 15.9 Å². The van der Waals surface area contributed by atoms with E-state index in [2.05, 4.69) is 40.4 Å². The van der Waals surface area contributed by atoms with E-state index >= 15 is 0 Å². The molecule has 3 N–H and O–H groups in total. The lowest BCUT2D eigenvalue weighted by atomic mass is 10.0. The van der Waals surface area contributed by atoms with Gasteiger partial charge in [0.25, 0.3) is 0 Å². The molecule has 0 aromatic heterocycles. The van der Waals surface area contributed by atoms with Gasteiger partial charge >= 0.3 is 0 Å². The highest BCUT2D eigenvalue weighted by atomic mass is 79.9. The van der Waals surface area contributed by atoms with E-state index in [1.165, 1.54) is 11.1 Å². The zero-order valence-corrected chi connectivity index (χ0v) is 11.0. The first kappa shape index (κ1) is 11.9. The van der Waals surface area contributed by atoms with Gasteiger partial charge in [0.2, 0.25) is 0 Å². The summed E-state index contributed by atoms with van der Waals surface area (Å²) in [5.41, 5.74) is 5.38. The molecule has 2 rings (SSSR count). The second-order valence-corrected chi connectivity index (χ2v) is 5.04. The van der Waals surface area contributed by atoms with Crippen LogP contribution in [0, 0.1) is 0 Å². The lowest BCUT2D eigenvalue weighted by molar-refractivity contribution is 0.351. The van der Waals surface area contributed by atoms with Gasteiger partial charge in [0.15, 0.2) is 0 Å². The molecular formula is C12H17BrN2O. The van der Waals surface area contributed by atoms with Gasteiger partial charge in [-0.1, -0.05) is 22.9 Å². The smallest absolute Gasteiger partial charge is 0.125 e. The molecule has 3 nitrogen and oxygen atoms in total. The summed E-state index contributed by atoms with van der Waals surface area (Å²) < 4.78 is 6.81. The van der Waals surface area contributed by atoms with Crippen molar-refractivity contribution in [3.63, 3.8) is 0 Å². The van der Waals surface area contributed by atoms with E-state index in [1.807, 2.05) is 0 Å². The van der Waals surface area contributed by atoms with Gasteiger partial charge in [-0.05, 0) is 36.1 Å². The normalized spacial score (nSPS) is 15.7. The number of nitrogens with one attached hydrogen (secondary N) is 1. The molecule has 0 aliphatic carbocycles. The summed E-state index contributed by atoms with van der Waals surface area (Å²) in [6.45, 7) is 2.93. The summed E-state index contributed by atoms with van der Waals surface area (Å²) in [7, 11) is 0. The molecule has 0 bridgehead atoms. The third-order valence-electron chi connectivity index (χ3n) is 3.02. The molecule has 0 saturated heterocycles. The van der Waals surface area contributed by atoms with Crippen molar-refractivity contribution in [3.8, 4) is 5.75 Å². The van der Waals surface area contributed by atoms with Crippen LogP contribution in [0.4, 0.5) is 0 Å². The third-order valence-corrected chi connectivity index (χ3v) is 3.48. The Morgan fingerprint density at radius 1 is 1.56 bits per heavy atom. The molecule has 0 spiro atoms. The van der Waals surface area contributed by atoms with Gasteiger partial charge in [-0.3, -0.25) is 11.3 Å². The van der Waals surface area contributed by atoms with Gasteiger partial charge in [-0.25, -0.2) is 0 Å². The van der Waals surface area contributed by atoms with E-state index in [0.29, 0.717) is 6.04 Å². The second kappa shape index (κ2) is 5.17. The Morgan fingerprint density at radius 2 is 2.38 bits per heavy atom. The minimum atomic E-state index is 0.308. The van der Waals surface area contributed by atoms with Gasteiger partial charge in [0, 0.05) is 16.9 Å². The molecule has 1 atom stereocenters. The zero-order valence-electron chi connectivity index (χ0n) is 9.42. The number of hydrogen-bond acceptors (Lipinski definition) is 3. The fourth-order valence-corrected chi connectivity index (χ4v) is 2.64. The summed E-state index contributed by atoms with van der Waals surface area (Å²) >= 11 is 3.54. The predicted octanol–water partition coefficient (Wildman–Crippen LogP) is 2.17. The van der Waals surface area contributed by atoms with Crippen molar-refractivity contribution in [2.45, 2.75) is 32.2 Å². The molecule has 1 aliphatic heterocycles. The van der Waals surface area contributed by atoms with Crippen molar-refractivity contribution in [2.24, 2.45) is 5.84 Å². The van der Waals surface area contributed by atoms with Crippen molar-refractivity contribution in [3.05, 3.63) is 27.7 Å². The van der Waals surface area contributed by atoms with Crippen LogP contribution in [0.3, 0.4) is 0 Å². The van der Waals surface area contributed by atoms with Crippen LogP contribution in [-0.2, 0) is 12.8 Å². The Kier molecular flexibility index (Phi) is 3.84. The number of benzene rings is 1. The number of fused-ring (bicyclic) bond motifs is 1. The van der Waals surface area contributed by atoms with E-state index in [-0.39, 0.29) is 0 Å². The average molecular weight is 285 g/mol. The molecule has 1 heterocycles. The van der Waals surface area contributed by atoms with Crippen LogP contribution < -0.4 is 16.0 Å². The van der Waals surface area contributed by atoms with Crippen molar-refractivity contribution >= 4 is 15.9 Å². The fraction of sp³-hybridized carbons (Fsp3) is 0.500. The van der Waals surface area contributed by atoms with Gasteiger partial charge in [0.1, 0.15) is 5.75 Å². The van der Waals surface area contributed by atoms with E-state index in [0.717, 1.165) is 36.1 Å². The molecule has 0 saturated carbocycles. The number of hydrogen-bond donors (Lipinski definition) is 2. The van der Waals surface area contributed by atoms with Crippen molar-refractivity contribution < 1.29 is 4.74 Å². The summed E-state index contributed by atoms with van der Waals surface area (Å²) in [4.78, 5) is 0. The van der Waals surface area contributed by atoms with E-state index in [1.54, 1.807) is 0 Å². The highest BCUT2D eigenvalue weighted by molar-refractivity contribution is 9.10. The van der Waals surface area contributed by atoms with Gasteiger partial charge in [-0.15, -0.1) is 0 Å². The van der Waals surface area contributed by atoms with Gasteiger partial charge in [-0.2, -0.15) is 0 Å². The number of hydrazine groups is 1. The maximum atomic E-state index is 5.69. The summed E-state index contributed by atoms with van der Waals surface area (Å²) in [6.07, 6.45) is 2.93. The SMILES string of the molecule is CCC(Cc1cc(Br)cc2c1OCC2)NN. The number of rotatable bonds is 4. The molecule has 4 heteroatoms. The molecule has 1 aliphatic rings. The standard InChI is InChI=1S/C12H17BrN2O/c1-2-11(15-14)7-9-6-10(13)5-8-3-4-16-12(8)9/h5-6,11,15H,2-4,7,14H2,1H3. The summed E-state index contributed by atoms with van der Waals surface area (Å²) in [6, 6.07) is 4.58. The van der Waals surface area contributed by atoms with Crippen molar-refractivity contribution in [1.82, 2.24) is 5.43 Å². The van der Waals surface area contributed by atoms with E-state index in [9.17, 15) is 0 Å². The highest BCUT2D eigenvalue weighted by Gasteiger charge is 2.19. The Labute approximate surface area is 104 Å². The van der Waals surface area contributed by atoms with E-state index in [4.69, 9.17) is 10.6 Å². The minimum Gasteiger partial charge on any atom is -0.493 e. The maximum absolute atomic E-state index is 5.69. The molecule has 88 valence electrons. The van der Waals surface area contributed by atoms with Crippen molar-refractivity contribution in [1.29, 1.82) is 0 Å². The first-order valence-corrected chi connectivity index (χ1v) is 6.44. The third kappa shape index (κ3) is 2.39. The van der Waals surface area contributed by atoms with Crippen LogP contribution in [0.1, 0.15) is 24.5 Å². The zero-order chi connectivity index (χ0) is 11.5. The minimum absolute atomic E-state index is 0.308. The first-order valence-electron chi connectivity index (χ1n) is 5.64. The van der Waals surface area contributed by atoms with E-state index < -0.39 is 0 Å². The fourth-order valence-electron chi connectivity index (χ4n) is 2.08. The molecule has 1 aromatic rings. The maximum Gasteiger partial charge on any atom is 0.125 e. The van der Waals surface area contributed by atoms with Crippen LogP contribution in [0.5, 0.6) is 5.75 Å². The lowest BCUT2D eigenvalue weighted by Crippen LogP contribution is -2.36. The molecule has 1 unspecified atom stereocenters. The van der Waals surface area contributed by atoms with Crippen molar-refractivity contribution in [2.75, 3.05) is 6.61 Å². The number of ether oxygens (including phenoxy) is 1. The average Bonchev–Trinajstić information content (AvgIpc) is 2.73. The van der Waals surface area contributed by atoms with Crippen LogP contribution in [0.2, 0.25) is 0 Å². The second-order valence-electron chi connectivity index (χ2n) is 4.13.